The summed E-state index contributed by atoms with van der Waals surface area (Å²) in [5.41, 5.74) is 0. The smallest absolute Gasteiger partial charge is 0 e. The molecule has 0 N–H and O–H groups in total. The number of hydrogen-bond donors (Lipinski definition) is 0. The van der Waals surface area contributed by atoms with Crippen LogP contribution in [-0.2, 0) is 55.9 Å². The van der Waals surface area contributed by atoms with Crippen LogP contribution in [0.25, 0.3) is 0 Å². The van der Waals surface area contributed by atoms with Crippen molar-refractivity contribution in [2.24, 2.45) is 0 Å². The van der Waals surface area contributed by atoms with E-state index in [1.165, 1.54) is 0 Å². The van der Waals surface area contributed by atoms with Crippen molar-refractivity contribution in [1.29, 1.82) is 0 Å². The Labute approximate surface area is 102 Å². The fourth-order valence-electron chi connectivity index (χ4n) is 0. The van der Waals surface area contributed by atoms with E-state index in [1.807, 2.05) is 0 Å². The average molecular weight is 298 g/mol. The standard InChI is InChI=1S/Ba.Fe.Mn.Ti.2H. The van der Waals surface area contributed by atoms with Crippen molar-refractivity contribution >= 4 is 48.9 Å². The first kappa shape index (κ1) is 26.5. The van der Waals surface area contributed by atoms with Gasteiger partial charge in [0, 0.05) is 55.9 Å². The maximum absolute atomic E-state index is 0. The zero-order valence-electron chi connectivity index (χ0n) is 1.23. The molecule has 0 aliphatic heterocycles. The molecule has 0 bridgehead atoms. The molecule has 1 radical (unpaired) electrons. The van der Waals surface area contributed by atoms with Crippen LogP contribution in [0.4, 0.5) is 0 Å². The molecule has 0 aromatic heterocycles. The van der Waals surface area contributed by atoms with Crippen LogP contribution in [0.2, 0.25) is 0 Å². The molecule has 0 spiro atoms. The summed E-state index contributed by atoms with van der Waals surface area (Å²) in [6.07, 6.45) is 0. The van der Waals surface area contributed by atoms with Gasteiger partial charge in [-0.3, -0.25) is 0 Å². The van der Waals surface area contributed by atoms with Crippen molar-refractivity contribution in [3.8, 4) is 0 Å². The molecule has 0 aromatic rings. The summed E-state index contributed by atoms with van der Waals surface area (Å²) >= 11 is 0. The summed E-state index contributed by atoms with van der Waals surface area (Å²) in [5.74, 6) is 0. The summed E-state index contributed by atoms with van der Waals surface area (Å²) in [5, 5.41) is 0. The maximum Gasteiger partial charge on any atom is 0 e. The van der Waals surface area contributed by atoms with Crippen LogP contribution in [-0.4, -0.2) is 48.9 Å². The van der Waals surface area contributed by atoms with E-state index in [2.05, 4.69) is 0 Å². The van der Waals surface area contributed by atoms with Gasteiger partial charge in [0.15, 0.2) is 0 Å². The van der Waals surface area contributed by atoms with Gasteiger partial charge in [-0.2, -0.15) is 0 Å². The Morgan fingerprint density at radius 1 is 1.00 bits per heavy atom. The maximum atomic E-state index is 0. The molecule has 0 saturated heterocycles. The Morgan fingerprint density at radius 3 is 1.00 bits per heavy atom. The Hall–Kier alpha value is 3.32. The van der Waals surface area contributed by atoms with E-state index in [0.29, 0.717) is 0 Å². The summed E-state index contributed by atoms with van der Waals surface area (Å²) in [6.45, 7) is 0. The van der Waals surface area contributed by atoms with E-state index in [4.69, 9.17) is 0 Å². The van der Waals surface area contributed by atoms with E-state index < -0.39 is 0 Å². The zero-order valence-corrected chi connectivity index (χ0v) is 5.08. The molecule has 23 valence electrons. The molecule has 0 amide bonds. The van der Waals surface area contributed by atoms with Crippen LogP contribution in [0.15, 0.2) is 0 Å². The molecule has 0 saturated carbocycles. The van der Waals surface area contributed by atoms with Gasteiger partial charge in [-0.25, -0.2) is 0 Å². The third kappa shape index (κ3) is 9.01. The molecule has 4 heavy (non-hydrogen) atoms. The SMILES string of the molecule is [BaH2].[Fe].[Mn].[Ti]. The van der Waals surface area contributed by atoms with Crippen LogP contribution in [0, 0.1) is 0 Å². The summed E-state index contributed by atoms with van der Waals surface area (Å²) in [6, 6.07) is 0. The predicted octanol–water partition coefficient (Wildman–Crippen LogP) is -0.924. The minimum absolute atomic E-state index is 0. The minimum atomic E-state index is 0. The van der Waals surface area contributed by atoms with Crippen molar-refractivity contribution in [1.82, 2.24) is 0 Å². The fraction of sp³-hybridized carbons (Fsp3) is 0. The van der Waals surface area contributed by atoms with E-state index in [-0.39, 0.29) is 105 Å². The van der Waals surface area contributed by atoms with Crippen molar-refractivity contribution in [3.63, 3.8) is 0 Å². The molecule has 0 atom stereocenters. The van der Waals surface area contributed by atoms with Gasteiger partial charge in [0.25, 0.3) is 0 Å². The summed E-state index contributed by atoms with van der Waals surface area (Å²) < 4.78 is 0. The van der Waals surface area contributed by atoms with Gasteiger partial charge in [0.1, 0.15) is 0 Å². The monoisotopic (exact) mass is 299 g/mol. The second-order valence-electron chi connectivity index (χ2n) is 0. The predicted molar refractivity (Wildman–Crippen MR) is 8.54 cm³/mol. The quantitative estimate of drug-likeness (QED) is 0.507. The van der Waals surface area contributed by atoms with Crippen molar-refractivity contribution < 1.29 is 55.9 Å². The van der Waals surface area contributed by atoms with Gasteiger partial charge in [-0.15, -0.1) is 0 Å². The van der Waals surface area contributed by atoms with Crippen LogP contribution in [0.5, 0.6) is 0 Å². The van der Waals surface area contributed by atoms with Gasteiger partial charge < -0.3 is 0 Å². The number of hydrogen-bond acceptors (Lipinski definition) is 0. The van der Waals surface area contributed by atoms with Gasteiger partial charge in [0.05, 0.1) is 0 Å². The van der Waals surface area contributed by atoms with Gasteiger partial charge >= 0.3 is 48.9 Å². The first-order valence-electron chi connectivity index (χ1n) is 0. The minimum Gasteiger partial charge on any atom is 0 e. The van der Waals surface area contributed by atoms with Gasteiger partial charge in [-0.05, 0) is 0 Å². The van der Waals surface area contributed by atoms with Crippen molar-refractivity contribution in [3.05, 3.63) is 0 Å². The largest absolute Gasteiger partial charge is 0 e. The van der Waals surface area contributed by atoms with Gasteiger partial charge in [-0.1, -0.05) is 0 Å². The molecular formula is H2BaFeMnTi. The molecule has 0 rings (SSSR count). The first-order chi connectivity index (χ1) is 0. The van der Waals surface area contributed by atoms with E-state index >= 15 is 0 Å². The topological polar surface area (TPSA) is 0 Å². The molecule has 4 heteroatoms. The molecule has 0 heterocycles. The van der Waals surface area contributed by atoms with Gasteiger partial charge in [0.2, 0.25) is 0 Å². The Morgan fingerprint density at radius 2 is 1.00 bits per heavy atom. The third-order valence-electron chi connectivity index (χ3n) is 0. The molecule has 0 unspecified atom stereocenters. The Kier molecular flexibility index (Phi) is 108. The van der Waals surface area contributed by atoms with Crippen LogP contribution < -0.4 is 0 Å². The molecule has 0 aliphatic rings. The van der Waals surface area contributed by atoms with E-state index in [9.17, 15) is 0 Å². The van der Waals surface area contributed by atoms with Crippen LogP contribution >= 0.6 is 0 Å². The van der Waals surface area contributed by atoms with E-state index in [1.54, 1.807) is 0 Å². The third-order valence-corrected chi connectivity index (χ3v) is 0. The molecule has 0 aromatic carbocycles. The zero-order chi connectivity index (χ0) is 0. The number of rotatable bonds is 0. The van der Waals surface area contributed by atoms with Crippen molar-refractivity contribution in [2.45, 2.75) is 0 Å². The Bertz CT molecular complexity index is 8.00. The normalized spacial score (nSPS) is 0. The van der Waals surface area contributed by atoms with Crippen LogP contribution in [0.3, 0.4) is 0 Å². The summed E-state index contributed by atoms with van der Waals surface area (Å²) in [4.78, 5) is 0. The fourth-order valence-corrected chi connectivity index (χ4v) is 0. The second-order valence-corrected chi connectivity index (χ2v) is 0. The molecular weight excluding hydrogens is 296 g/mol. The van der Waals surface area contributed by atoms with Crippen molar-refractivity contribution in [2.75, 3.05) is 0 Å². The summed E-state index contributed by atoms with van der Waals surface area (Å²) in [7, 11) is 0. The molecule has 0 aliphatic carbocycles. The van der Waals surface area contributed by atoms with E-state index in [0.717, 1.165) is 0 Å². The van der Waals surface area contributed by atoms with Crippen LogP contribution in [0.1, 0.15) is 0 Å². The Balaban J connectivity index is 0. The second kappa shape index (κ2) is 16.2. The molecule has 0 fully saturated rings. The first-order valence-corrected chi connectivity index (χ1v) is 0. The average Bonchev–Trinajstić information content (AvgIpc) is 0. The molecule has 0 nitrogen and oxygen atoms in total.